The highest BCUT2D eigenvalue weighted by Crippen LogP contribution is 2.33. The Morgan fingerprint density at radius 1 is 1.44 bits per heavy atom. The first kappa shape index (κ1) is 13.9. The molecule has 0 bridgehead atoms. The van der Waals surface area contributed by atoms with Crippen molar-refractivity contribution < 1.29 is 17.3 Å². The molecule has 18 heavy (non-hydrogen) atoms. The first-order chi connectivity index (χ1) is 8.54. The molecule has 0 spiro atoms. The molecule has 1 aromatic rings. The number of benzene rings is 1. The lowest BCUT2D eigenvalue weighted by Crippen LogP contribution is -2.04. The lowest BCUT2D eigenvalue weighted by atomic mass is 10.2. The van der Waals surface area contributed by atoms with Gasteiger partial charge in [0.05, 0.1) is 12.9 Å². The molecule has 0 aliphatic carbocycles. The minimum Gasteiger partial charge on any atom is -0.367 e. The summed E-state index contributed by atoms with van der Waals surface area (Å²) in [6.45, 7) is 0.883. The highest BCUT2D eigenvalue weighted by atomic mass is 32.2. The standard InChI is InChI=1S/C12H16O4S2/c1-18(13,14)16-9-10-5-2-3-6-11(10)17-12-7-4-8-15-12/h2-3,5-6,12H,4,7-9H2,1H3. The Morgan fingerprint density at radius 3 is 2.89 bits per heavy atom. The Kier molecular flexibility index (Phi) is 4.66. The van der Waals surface area contributed by atoms with Crippen molar-refractivity contribution in [1.82, 2.24) is 0 Å². The second-order valence-corrected chi connectivity index (χ2v) is 6.98. The van der Waals surface area contributed by atoms with Crippen molar-refractivity contribution in [2.45, 2.75) is 29.8 Å². The molecule has 0 amide bonds. The Balaban J connectivity index is 2.04. The molecule has 2 rings (SSSR count). The number of ether oxygens (including phenoxy) is 1. The molecule has 1 aliphatic heterocycles. The molecular formula is C12H16O4S2. The van der Waals surface area contributed by atoms with Gasteiger partial charge in [-0.15, -0.1) is 0 Å². The lowest BCUT2D eigenvalue weighted by Gasteiger charge is -2.12. The van der Waals surface area contributed by atoms with Crippen LogP contribution in [0.1, 0.15) is 18.4 Å². The van der Waals surface area contributed by atoms with Crippen LogP contribution in [-0.2, 0) is 25.6 Å². The molecular weight excluding hydrogens is 272 g/mol. The summed E-state index contributed by atoms with van der Waals surface area (Å²) in [5.74, 6) is 0. The fourth-order valence-electron chi connectivity index (χ4n) is 1.69. The van der Waals surface area contributed by atoms with Crippen molar-refractivity contribution in [2.24, 2.45) is 0 Å². The van der Waals surface area contributed by atoms with Gasteiger partial charge in [-0.1, -0.05) is 30.0 Å². The Labute approximate surface area is 112 Å². The summed E-state index contributed by atoms with van der Waals surface area (Å²) in [7, 11) is -3.41. The quantitative estimate of drug-likeness (QED) is 0.779. The van der Waals surface area contributed by atoms with E-state index in [9.17, 15) is 8.42 Å². The predicted molar refractivity (Wildman–Crippen MR) is 70.9 cm³/mol. The maximum atomic E-state index is 11.0. The largest absolute Gasteiger partial charge is 0.367 e. The molecule has 1 atom stereocenters. The summed E-state index contributed by atoms with van der Waals surface area (Å²) in [4.78, 5) is 1.02. The monoisotopic (exact) mass is 288 g/mol. The molecule has 100 valence electrons. The molecule has 0 aromatic heterocycles. The Bertz CT molecular complexity index is 493. The first-order valence-corrected chi connectivity index (χ1v) is 8.45. The van der Waals surface area contributed by atoms with Gasteiger partial charge in [-0.05, 0) is 24.5 Å². The van der Waals surface area contributed by atoms with Crippen molar-refractivity contribution in [3.63, 3.8) is 0 Å². The van der Waals surface area contributed by atoms with Crippen molar-refractivity contribution in [2.75, 3.05) is 12.9 Å². The highest BCUT2D eigenvalue weighted by molar-refractivity contribution is 7.99. The summed E-state index contributed by atoms with van der Waals surface area (Å²) in [5, 5.41) is 0. The average molecular weight is 288 g/mol. The summed E-state index contributed by atoms with van der Waals surface area (Å²) in [5.41, 5.74) is 1.05. The minimum absolute atomic E-state index is 0.0781. The fraction of sp³-hybridized carbons (Fsp3) is 0.500. The molecule has 0 radical (unpaired) electrons. The van der Waals surface area contributed by atoms with Crippen LogP contribution < -0.4 is 0 Å². The van der Waals surface area contributed by atoms with E-state index in [4.69, 9.17) is 8.92 Å². The topological polar surface area (TPSA) is 52.6 Å². The van der Waals surface area contributed by atoms with Crippen LogP contribution in [0.2, 0.25) is 0 Å². The van der Waals surface area contributed by atoms with Gasteiger partial charge in [0.15, 0.2) is 0 Å². The lowest BCUT2D eigenvalue weighted by molar-refractivity contribution is 0.173. The normalized spacial score (nSPS) is 20.2. The number of rotatable bonds is 5. The van der Waals surface area contributed by atoms with Crippen LogP contribution in [0.15, 0.2) is 29.2 Å². The molecule has 1 aromatic carbocycles. The zero-order valence-corrected chi connectivity index (χ0v) is 11.8. The van der Waals surface area contributed by atoms with E-state index in [-0.39, 0.29) is 12.0 Å². The van der Waals surface area contributed by atoms with Crippen LogP contribution in [0, 0.1) is 0 Å². The van der Waals surface area contributed by atoms with Crippen LogP contribution in [-0.4, -0.2) is 26.7 Å². The van der Waals surface area contributed by atoms with Crippen molar-refractivity contribution >= 4 is 21.9 Å². The number of thioether (sulfide) groups is 1. The Hall–Kier alpha value is -0.560. The van der Waals surface area contributed by atoms with Gasteiger partial charge in [0.1, 0.15) is 5.44 Å². The van der Waals surface area contributed by atoms with Crippen molar-refractivity contribution in [1.29, 1.82) is 0 Å². The van der Waals surface area contributed by atoms with E-state index < -0.39 is 10.1 Å². The number of hydrogen-bond acceptors (Lipinski definition) is 5. The van der Waals surface area contributed by atoms with E-state index in [0.717, 1.165) is 36.2 Å². The summed E-state index contributed by atoms with van der Waals surface area (Å²) in [6, 6.07) is 7.65. The van der Waals surface area contributed by atoms with Crippen LogP contribution in [0.25, 0.3) is 0 Å². The zero-order valence-electron chi connectivity index (χ0n) is 10.2. The molecule has 0 saturated carbocycles. The van der Waals surface area contributed by atoms with Crippen molar-refractivity contribution in [3.05, 3.63) is 29.8 Å². The van der Waals surface area contributed by atoms with Crippen molar-refractivity contribution in [3.8, 4) is 0 Å². The minimum atomic E-state index is -3.41. The fourth-order valence-corrected chi connectivity index (χ4v) is 3.20. The van der Waals surface area contributed by atoms with E-state index >= 15 is 0 Å². The summed E-state index contributed by atoms with van der Waals surface area (Å²) in [6.07, 6.45) is 3.18. The maximum absolute atomic E-state index is 11.0. The second-order valence-electron chi connectivity index (χ2n) is 4.13. The molecule has 6 heteroatoms. The van der Waals surface area contributed by atoms with Gasteiger partial charge >= 0.3 is 0 Å². The molecule has 4 nitrogen and oxygen atoms in total. The predicted octanol–water partition coefficient (Wildman–Crippen LogP) is 2.39. The maximum Gasteiger partial charge on any atom is 0.264 e. The molecule has 1 unspecified atom stereocenters. The van der Waals surface area contributed by atoms with Gasteiger partial charge in [-0.25, -0.2) is 0 Å². The van der Waals surface area contributed by atoms with Gasteiger partial charge in [-0.2, -0.15) is 8.42 Å². The van der Waals surface area contributed by atoms with Gasteiger partial charge in [-0.3, -0.25) is 4.18 Å². The molecule has 1 heterocycles. The van der Waals surface area contributed by atoms with E-state index in [1.807, 2.05) is 24.3 Å². The van der Waals surface area contributed by atoms with Gasteiger partial charge in [0, 0.05) is 11.5 Å². The van der Waals surface area contributed by atoms with Crippen LogP contribution in [0.3, 0.4) is 0 Å². The third-order valence-electron chi connectivity index (χ3n) is 2.55. The third kappa shape index (κ3) is 4.28. The van der Waals surface area contributed by atoms with Gasteiger partial charge in [0.25, 0.3) is 10.1 Å². The van der Waals surface area contributed by atoms with Crippen LogP contribution in [0.5, 0.6) is 0 Å². The SMILES string of the molecule is CS(=O)(=O)OCc1ccccc1SC1CCCO1. The molecule has 0 N–H and O–H groups in total. The van der Waals surface area contributed by atoms with E-state index in [1.165, 1.54) is 0 Å². The second kappa shape index (κ2) is 6.06. The molecule has 1 aliphatic rings. The molecule has 1 saturated heterocycles. The van der Waals surface area contributed by atoms with Crippen LogP contribution >= 0.6 is 11.8 Å². The smallest absolute Gasteiger partial charge is 0.264 e. The first-order valence-electron chi connectivity index (χ1n) is 5.75. The number of hydrogen-bond donors (Lipinski definition) is 0. The van der Waals surface area contributed by atoms with E-state index in [1.54, 1.807) is 11.8 Å². The van der Waals surface area contributed by atoms with E-state index in [2.05, 4.69) is 0 Å². The zero-order chi connectivity index (χ0) is 13.0. The third-order valence-corrected chi connectivity index (χ3v) is 4.38. The molecule has 1 fully saturated rings. The summed E-state index contributed by atoms with van der Waals surface area (Å²) >= 11 is 1.63. The van der Waals surface area contributed by atoms with E-state index in [0.29, 0.717) is 0 Å². The average Bonchev–Trinajstić information content (AvgIpc) is 2.80. The van der Waals surface area contributed by atoms with Gasteiger partial charge < -0.3 is 4.74 Å². The van der Waals surface area contributed by atoms with Gasteiger partial charge in [0.2, 0.25) is 0 Å². The Morgan fingerprint density at radius 2 is 2.22 bits per heavy atom. The van der Waals surface area contributed by atoms with Crippen LogP contribution in [0.4, 0.5) is 0 Å². The highest BCUT2D eigenvalue weighted by Gasteiger charge is 2.18. The summed E-state index contributed by atoms with van der Waals surface area (Å²) < 4.78 is 32.4.